The monoisotopic (exact) mass is 354 g/mol. The largest absolute Gasteiger partial charge is 0.462 e. The van der Waals surface area contributed by atoms with Gasteiger partial charge in [-0.1, -0.05) is 20.8 Å². The Balaban J connectivity index is 2.38. The predicted octanol–water partition coefficient (Wildman–Crippen LogP) is 3.99. The van der Waals surface area contributed by atoms with Gasteiger partial charge < -0.3 is 15.4 Å². The van der Waals surface area contributed by atoms with Crippen LogP contribution in [0.15, 0.2) is 0 Å². The Bertz CT molecular complexity index is 602. The third-order valence-electron chi connectivity index (χ3n) is 4.42. The van der Waals surface area contributed by atoms with Gasteiger partial charge in [0.2, 0.25) is 0 Å². The van der Waals surface area contributed by atoms with Crippen molar-refractivity contribution in [3.8, 4) is 0 Å². The number of rotatable bonds is 3. The first-order valence-corrected chi connectivity index (χ1v) is 9.30. The number of fused-ring (bicyclic) bond motifs is 1. The second kappa shape index (κ2) is 7.18. The number of carbonyl (C=O) groups is 1. The average Bonchev–Trinajstić information content (AvgIpc) is 2.83. The SMILES string of the molecule is CCOC(=O)c1c(NC(=S)NC)sc2c1CC[C@@H](C(C)(C)C)C2. The molecule has 1 aliphatic carbocycles. The van der Waals surface area contributed by atoms with Gasteiger partial charge in [-0.2, -0.15) is 0 Å². The van der Waals surface area contributed by atoms with Crippen molar-refractivity contribution < 1.29 is 9.53 Å². The van der Waals surface area contributed by atoms with Gasteiger partial charge in [-0.3, -0.25) is 0 Å². The number of thiocarbonyl (C=S) groups is 1. The van der Waals surface area contributed by atoms with Gasteiger partial charge in [-0.25, -0.2) is 4.79 Å². The van der Waals surface area contributed by atoms with Gasteiger partial charge in [0, 0.05) is 11.9 Å². The molecule has 0 saturated carbocycles. The predicted molar refractivity (Wildman–Crippen MR) is 101 cm³/mol. The number of esters is 1. The van der Waals surface area contributed by atoms with E-state index in [9.17, 15) is 4.79 Å². The maximum absolute atomic E-state index is 12.4. The van der Waals surface area contributed by atoms with E-state index in [1.54, 1.807) is 18.4 Å². The number of hydrogen-bond acceptors (Lipinski definition) is 4. The van der Waals surface area contributed by atoms with E-state index in [0.29, 0.717) is 23.2 Å². The Hall–Kier alpha value is -1.14. The Morgan fingerprint density at radius 3 is 2.70 bits per heavy atom. The van der Waals surface area contributed by atoms with Crippen LogP contribution in [0.25, 0.3) is 0 Å². The van der Waals surface area contributed by atoms with E-state index in [1.807, 2.05) is 6.92 Å². The molecule has 1 aromatic heterocycles. The molecule has 0 aromatic carbocycles. The van der Waals surface area contributed by atoms with Crippen molar-refractivity contribution in [1.29, 1.82) is 0 Å². The van der Waals surface area contributed by atoms with E-state index in [4.69, 9.17) is 17.0 Å². The van der Waals surface area contributed by atoms with E-state index >= 15 is 0 Å². The van der Waals surface area contributed by atoms with Gasteiger partial charge in [0.1, 0.15) is 5.00 Å². The van der Waals surface area contributed by atoms with Crippen LogP contribution in [0.5, 0.6) is 0 Å². The van der Waals surface area contributed by atoms with Crippen molar-refractivity contribution in [2.45, 2.75) is 47.0 Å². The average molecular weight is 355 g/mol. The summed E-state index contributed by atoms with van der Waals surface area (Å²) in [7, 11) is 1.77. The zero-order chi connectivity index (χ0) is 17.2. The molecule has 1 aromatic rings. The first-order chi connectivity index (χ1) is 10.8. The van der Waals surface area contributed by atoms with Gasteiger partial charge in [-0.15, -0.1) is 11.3 Å². The van der Waals surface area contributed by atoms with Crippen molar-refractivity contribution in [2.24, 2.45) is 11.3 Å². The zero-order valence-electron chi connectivity index (χ0n) is 14.5. The topological polar surface area (TPSA) is 50.4 Å². The van der Waals surface area contributed by atoms with Gasteiger partial charge in [-0.05, 0) is 55.3 Å². The molecule has 0 bridgehead atoms. The molecule has 6 heteroatoms. The summed E-state index contributed by atoms with van der Waals surface area (Å²) in [6.07, 6.45) is 3.05. The Labute approximate surface area is 148 Å². The lowest BCUT2D eigenvalue weighted by Crippen LogP contribution is -2.27. The molecule has 1 aliphatic rings. The summed E-state index contributed by atoms with van der Waals surface area (Å²) in [4.78, 5) is 13.7. The van der Waals surface area contributed by atoms with Gasteiger partial charge in [0.15, 0.2) is 5.11 Å². The third kappa shape index (κ3) is 4.04. The van der Waals surface area contributed by atoms with Crippen LogP contribution in [0.3, 0.4) is 0 Å². The van der Waals surface area contributed by atoms with E-state index < -0.39 is 0 Å². The molecular formula is C17H26N2O2S2. The number of carbonyl (C=O) groups excluding carboxylic acids is 1. The Morgan fingerprint density at radius 1 is 1.43 bits per heavy atom. The lowest BCUT2D eigenvalue weighted by Gasteiger charge is -2.33. The third-order valence-corrected chi connectivity index (χ3v) is 5.90. The van der Waals surface area contributed by atoms with Crippen LogP contribution in [0, 0.1) is 11.3 Å². The van der Waals surface area contributed by atoms with Gasteiger partial charge in [0.25, 0.3) is 0 Å². The minimum absolute atomic E-state index is 0.249. The maximum Gasteiger partial charge on any atom is 0.341 e. The molecule has 0 fully saturated rings. The Kier molecular flexibility index (Phi) is 5.68. The number of hydrogen-bond donors (Lipinski definition) is 2. The summed E-state index contributed by atoms with van der Waals surface area (Å²) in [5.41, 5.74) is 2.10. The highest BCUT2D eigenvalue weighted by Gasteiger charge is 2.34. The highest BCUT2D eigenvalue weighted by molar-refractivity contribution is 7.80. The van der Waals surface area contributed by atoms with Gasteiger partial charge in [0.05, 0.1) is 12.2 Å². The summed E-state index contributed by atoms with van der Waals surface area (Å²) in [5, 5.41) is 7.37. The standard InChI is InChI=1S/C17H26N2O2S2/c1-6-21-15(20)13-11-8-7-10(17(2,3)4)9-12(11)23-14(13)19-16(22)18-5/h10H,6-9H2,1-5H3,(H2,18,19,22)/t10-/m1/s1. The fourth-order valence-corrected chi connectivity index (χ4v) is 4.48. The number of ether oxygens (including phenoxy) is 1. The minimum Gasteiger partial charge on any atom is -0.462 e. The van der Waals surface area contributed by atoms with Crippen LogP contribution in [0.2, 0.25) is 0 Å². The summed E-state index contributed by atoms with van der Waals surface area (Å²) in [6.45, 7) is 9.08. The van der Waals surface area contributed by atoms with Gasteiger partial charge >= 0.3 is 5.97 Å². The highest BCUT2D eigenvalue weighted by Crippen LogP contribution is 2.44. The van der Waals surface area contributed by atoms with Crippen molar-refractivity contribution in [1.82, 2.24) is 5.32 Å². The highest BCUT2D eigenvalue weighted by atomic mass is 32.1. The van der Waals surface area contributed by atoms with Crippen LogP contribution >= 0.6 is 23.6 Å². The molecule has 4 nitrogen and oxygen atoms in total. The molecule has 2 rings (SSSR count). The van der Waals surface area contributed by atoms with Crippen LogP contribution in [0.4, 0.5) is 5.00 Å². The van der Waals surface area contributed by atoms with Crippen LogP contribution < -0.4 is 10.6 Å². The van der Waals surface area contributed by atoms with E-state index in [0.717, 1.165) is 29.8 Å². The van der Waals surface area contributed by atoms with Crippen molar-refractivity contribution in [2.75, 3.05) is 19.0 Å². The number of nitrogens with one attached hydrogen (secondary N) is 2. The fourth-order valence-electron chi connectivity index (χ4n) is 3.00. The summed E-state index contributed by atoms with van der Waals surface area (Å²) >= 11 is 6.84. The molecule has 23 heavy (non-hydrogen) atoms. The van der Waals surface area contributed by atoms with E-state index in [2.05, 4.69) is 31.4 Å². The first kappa shape index (κ1) is 18.2. The molecule has 2 N–H and O–H groups in total. The van der Waals surface area contributed by atoms with E-state index in [-0.39, 0.29) is 11.4 Å². The molecule has 1 heterocycles. The molecule has 0 amide bonds. The fraction of sp³-hybridized carbons (Fsp3) is 0.647. The number of anilines is 1. The van der Waals surface area contributed by atoms with Crippen molar-refractivity contribution >= 4 is 39.6 Å². The van der Waals surface area contributed by atoms with Crippen molar-refractivity contribution in [3.63, 3.8) is 0 Å². The molecule has 0 saturated heterocycles. The van der Waals surface area contributed by atoms with Crippen LogP contribution in [-0.2, 0) is 17.6 Å². The summed E-state index contributed by atoms with van der Waals surface area (Å²) in [6, 6.07) is 0. The first-order valence-electron chi connectivity index (χ1n) is 8.08. The molecule has 1 atom stereocenters. The molecule has 0 radical (unpaired) electrons. The normalized spacial score (nSPS) is 17.3. The molecular weight excluding hydrogens is 328 g/mol. The van der Waals surface area contributed by atoms with Crippen LogP contribution in [0.1, 0.15) is 54.9 Å². The lowest BCUT2D eigenvalue weighted by atomic mass is 9.72. The molecule has 0 spiro atoms. The lowest BCUT2D eigenvalue weighted by molar-refractivity contribution is 0.0526. The second-order valence-electron chi connectivity index (χ2n) is 6.94. The van der Waals surface area contributed by atoms with Crippen LogP contribution in [-0.4, -0.2) is 24.7 Å². The molecule has 0 aliphatic heterocycles. The summed E-state index contributed by atoms with van der Waals surface area (Å²) in [5.74, 6) is 0.383. The second-order valence-corrected chi connectivity index (χ2v) is 8.45. The zero-order valence-corrected chi connectivity index (χ0v) is 16.2. The quantitative estimate of drug-likeness (QED) is 0.635. The summed E-state index contributed by atoms with van der Waals surface area (Å²) < 4.78 is 5.27. The smallest absolute Gasteiger partial charge is 0.341 e. The van der Waals surface area contributed by atoms with E-state index in [1.165, 1.54) is 4.88 Å². The number of thiophene rings is 1. The Morgan fingerprint density at radius 2 is 2.13 bits per heavy atom. The maximum atomic E-state index is 12.4. The molecule has 0 unspecified atom stereocenters. The molecule has 128 valence electrons. The van der Waals surface area contributed by atoms with Crippen molar-refractivity contribution in [3.05, 3.63) is 16.0 Å². The minimum atomic E-state index is -0.249.